The third-order valence-corrected chi connectivity index (χ3v) is 3.16. The van der Waals surface area contributed by atoms with E-state index in [4.69, 9.17) is 5.11 Å². The highest BCUT2D eigenvalue weighted by Crippen LogP contribution is 2.32. The van der Waals surface area contributed by atoms with Gasteiger partial charge in [0.15, 0.2) is 0 Å². The fraction of sp³-hybridized carbons (Fsp3) is 0.462. The van der Waals surface area contributed by atoms with Gasteiger partial charge in [0.1, 0.15) is 0 Å². The van der Waals surface area contributed by atoms with E-state index in [2.05, 4.69) is 18.7 Å². The van der Waals surface area contributed by atoms with Gasteiger partial charge in [-0.2, -0.15) is 0 Å². The maximum Gasteiger partial charge on any atom is 0.335 e. The number of nitrogens with zero attached hydrogens (tertiary/aromatic N) is 1. The van der Waals surface area contributed by atoms with Crippen molar-refractivity contribution in [3.05, 3.63) is 29.8 Å². The van der Waals surface area contributed by atoms with Crippen molar-refractivity contribution in [2.45, 2.75) is 20.3 Å². The van der Waals surface area contributed by atoms with E-state index in [0.717, 1.165) is 18.8 Å². The molecule has 1 N–H and O–H groups in total. The lowest BCUT2D eigenvalue weighted by molar-refractivity contribution is 0.0697. The number of carboxylic acid groups (broad SMARTS) is 1. The Morgan fingerprint density at radius 3 is 2.38 bits per heavy atom. The molecule has 0 amide bonds. The molecule has 0 saturated carbocycles. The van der Waals surface area contributed by atoms with E-state index >= 15 is 0 Å². The third-order valence-electron chi connectivity index (χ3n) is 3.16. The first-order chi connectivity index (χ1) is 7.48. The zero-order valence-corrected chi connectivity index (χ0v) is 9.73. The highest BCUT2D eigenvalue weighted by Gasteiger charge is 2.29. The topological polar surface area (TPSA) is 40.5 Å². The quantitative estimate of drug-likeness (QED) is 0.831. The van der Waals surface area contributed by atoms with Crippen LogP contribution in [-0.4, -0.2) is 24.2 Å². The maximum absolute atomic E-state index is 10.7. The average Bonchev–Trinajstić information content (AvgIpc) is 2.59. The lowest BCUT2D eigenvalue weighted by Crippen LogP contribution is -2.22. The number of hydrogen-bond acceptors (Lipinski definition) is 2. The summed E-state index contributed by atoms with van der Waals surface area (Å²) in [5.41, 5.74) is 1.84. The second-order valence-corrected chi connectivity index (χ2v) is 5.19. The van der Waals surface area contributed by atoms with Crippen molar-refractivity contribution in [3.8, 4) is 0 Å². The zero-order valence-electron chi connectivity index (χ0n) is 9.73. The average molecular weight is 219 g/mol. The first-order valence-electron chi connectivity index (χ1n) is 5.56. The molecule has 1 heterocycles. The molecule has 0 radical (unpaired) electrons. The molecule has 0 atom stereocenters. The minimum Gasteiger partial charge on any atom is -0.478 e. The highest BCUT2D eigenvalue weighted by molar-refractivity contribution is 5.88. The van der Waals surface area contributed by atoms with Crippen LogP contribution in [0.3, 0.4) is 0 Å². The van der Waals surface area contributed by atoms with Gasteiger partial charge in [-0.1, -0.05) is 13.8 Å². The third kappa shape index (κ3) is 2.18. The summed E-state index contributed by atoms with van der Waals surface area (Å²) in [7, 11) is 0. The monoisotopic (exact) mass is 219 g/mol. The maximum atomic E-state index is 10.7. The van der Waals surface area contributed by atoms with Crippen LogP contribution in [0.15, 0.2) is 24.3 Å². The van der Waals surface area contributed by atoms with E-state index in [-0.39, 0.29) is 0 Å². The Labute approximate surface area is 95.7 Å². The number of anilines is 1. The molecule has 3 nitrogen and oxygen atoms in total. The predicted octanol–water partition coefficient (Wildman–Crippen LogP) is 2.62. The molecule has 2 rings (SSSR count). The highest BCUT2D eigenvalue weighted by atomic mass is 16.4. The molecular weight excluding hydrogens is 202 g/mol. The van der Waals surface area contributed by atoms with E-state index in [0.29, 0.717) is 11.0 Å². The van der Waals surface area contributed by atoms with Crippen LogP contribution in [-0.2, 0) is 0 Å². The molecule has 16 heavy (non-hydrogen) atoms. The van der Waals surface area contributed by atoms with Gasteiger partial charge < -0.3 is 10.0 Å². The van der Waals surface area contributed by atoms with E-state index in [9.17, 15) is 4.79 Å². The number of carbonyl (C=O) groups is 1. The number of benzene rings is 1. The summed E-state index contributed by atoms with van der Waals surface area (Å²) in [6, 6.07) is 7.13. The van der Waals surface area contributed by atoms with E-state index in [1.54, 1.807) is 12.1 Å². The minimum absolute atomic E-state index is 0.349. The van der Waals surface area contributed by atoms with Gasteiger partial charge in [-0.25, -0.2) is 4.79 Å². The van der Waals surface area contributed by atoms with Crippen molar-refractivity contribution in [3.63, 3.8) is 0 Å². The Morgan fingerprint density at radius 2 is 1.94 bits per heavy atom. The Bertz CT molecular complexity index is 395. The molecule has 1 aromatic carbocycles. The molecule has 3 heteroatoms. The van der Waals surface area contributed by atoms with Gasteiger partial charge in [0.05, 0.1) is 5.56 Å². The molecule has 0 unspecified atom stereocenters. The van der Waals surface area contributed by atoms with Gasteiger partial charge in [-0.05, 0) is 36.1 Å². The first kappa shape index (κ1) is 11.0. The lowest BCUT2D eigenvalue weighted by atomic mass is 9.93. The summed E-state index contributed by atoms with van der Waals surface area (Å²) in [4.78, 5) is 13.0. The lowest BCUT2D eigenvalue weighted by Gasteiger charge is -2.21. The van der Waals surface area contributed by atoms with Crippen molar-refractivity contribution in [1.82, 2.24) is 0 Å². The first-order valence-corrected chi connectivity index (χ1v) is 5.56. The molecule has 1 saturated heterocycles. The van der Waals surface area contributed by atoms with Gasteiger partial charge >= 0.3 is 5.97 Å². The van der Waals surface area contributed by atoms with E-state index in [1.165, 1.54) is 6.42 Å². The Kier molecular flexibility index (Phi) is 2.62. The molecule has 1 fully saturated rings. The van der Waals surface area contributed by atoms with E-state index < -0.39 is 5.97 Å². The van der Waals surface area contributed by atoms with Crippen LogP contribution in [0.5, 0.6) is 0 Å². The predicted molar refractivity (Wildman–Crippen MR) is 64.0 cm³/mol. The molecule has 0 aromatic heterocycles. The van der Waals surface area contributed by atoms with Crippen molar-refractivity contribution < 1.29 is 9.90 Å². The number of rotatable bonds is 2. The van der Waals surface area contributed by atoms with Crippen molar-refractivity contribution in [2.24, 2.45) is 5.41 Å². The Morgan fingerprint density at radius 1 is 1.31 bits per heavy atom. The van der Waals surface area contributed by atoms with Crippen LogP contribution in [0.1, 0.15) is 30.6 Å². The molecule has 0 aliphatic carbocycles. The van der Waals surface area contributed by atoms with Gasteiger partial charge in [0, 0.05) is 18.8 Å². The smallest absolute Gasteiger partial charge is 0.335 e. The fourth-order valence-corrected chi connectivity index (χ4v) is 2.15. The van der Waals surface area contributed by atoms with Gasteiger partial charge in [0.2, 0.25) is 0 Å². The number of aromatic carboxylic acids is 1. The zero-order chi connectivity index (χ0) is 11.8. The Balaban J connectivity index is 2.14. The second kappa shape index (κ2) is 3.81. The number of carboxylic acids is 1. The van der Waals surface area contributed by atoms with Gasteiger partial charge in [0.25, 0.3) is 0 Å². The van der Waals surface area contributed by atoms with Crippen LogP contribution >= 0.6 is 0 Å². The molecule has 0 bridgehead atoms. The number of hydrogen-bond donors (Lipinski definition) is 1. The summed E-state index contributed by atoms with van der Waals surface area (Å²) >= 11 is 0. The molecule has 1 aromatic rings. The van der Waals surface area contributed by atoms with Crippen LogP contribution in [0.2, 0.25) is 0 Å². The van der Waals surface area contributed by atoms with Gasteiger partial charge in [-0.3, -0.25) is 0 Å². The van der Waals surface area contributed by atoms with Crippen LogP contribution in [0.25, 0.3) is 0 Å². The molecule has 1 aliphatic heterocycles. The SMILES string of the molecule is CC1(C)CCN(c2ccc(C(=O)O)cc2)C1. The van der Waals surface area contributed by atoms with Crippen molar-refractivity contribution in [2.75, 3.05) is 18.0 Å². The van der Waals surface area contributed by atoms with Crippen LogP contribution < -0.4 is 4.90 Å². The standard InChI is InChI=1S/C13H17NO2/c1-13(2)7-8-14(9-13)11-5-3-10(4-6-11)12(15)16/h3-6H,7-9H2,1-2H3,(H,15,16). The minimum atomic E-state index is -0.867. The summed E-state index contributed by atoms with van der Waals surface area (Å²) in [6.45, 7) is 6.62. The summed E-state index contributed by atoms with van der Waals surface area (Å²) < 4.78 is 0. The van der Waals surface area contributed by atoms with Crippen molar-refractivity contribution in [1.29, 1.82) is 0 Å². The molecule has 86 valence electrons. The molecule has 0 spiro atoms. The second-order valence-electron chi connectivity index (χ2n) is 5.19. The largest absolute Gasteiger partial charge is 0.478 e. The van der Waals surface area contributed by atoms with Crippen LogP contribution in [0.4, 0.5) is 5.69 Å². The molecule has 1 aliphatic rings. The Hall–Kier alpha value is -1.51. The summed E-state index contributed by atoms with van der Waals surface area (Å²) in [5, 5.41) is 8.81. The van der Waals surface area contributed by atoms with E-state index in [1.807, 2.05) is 12.1 Å². The normalized spacial score (nSPS) is 18.8. The van der Waals surface area contributed by atoms with Crippen molar-refractivity contribution >= 4 is 11.7 Å². The summed E-state index contributed by atoms with van der Waals surface area (Å²) in [6.07, 6.45) is 1.19. The fourth-order valence-electron chi connectivity index (χ4n) is 2.15. The summed E-state index contributed by atoms with van der Waals surface area (Å²) in [5.74, 6) is -0.867. The molecular formula is C13H17NO2. The van der Waals surface area contributed by atoms with Crippen LogP contribution in [0, 0.1) is 5.41 Å². The van der Waals surface area contributed by atoms with Gasteiger partial charge in [-0.15, -0.1) is 0 Å².